The lowest BCUT2D eigenvalue weighted by Gasteiger charge is -2.24. The molecule has 0 aliphatic carbocycles. The summed E-state index contributed by atoms with van der Waals surface area (Å²) in [6, 6.07) is 18.8. The third-order valence-corrected chi connectivity index (χ3v) is 3.34. The van der Waals surface area contributed by atoms with Crippen LogP contribution in [0.15, 0.2) is 66.7 Å². The van der Waals surface area contributed by atoms with Crippen LogP contribution in [-0.4, -0.2) is 17.7 Å². The van der Waals surface area contributed by atoms with E-state index in [1.165, 1.54) is 0 Å². The molecule has 3 heteroatoms. The van der Waals surface area contributed by atoms with E-state index in [1.807, 2.05) is 54.6 Å². The van der Waals surface area contributed by atoms with Crippen LogP contribution in [0.4, 0.5) is 0 Å². The molecule has 2 rings (SSSR count). The van der Waals surface area contributed by atoms with Crippen molar-refractivity contribution in [3.05, 3.63) is 77.9 Å². The minimum absolute atomic E-state index is 0.117. The van der Waals surface area contributed by atoms with Gasteiger partial charge in [-0.2, -0.15) is 0 Å². The van der Waals surface area contributed by atoms with Crippen molar-refractivity contribution in [2.24, 2.45) is 0 Å². The lowest BCUT2D eigenvalue weighted by molar-refractivity contribution is -0.147. The molecule has 0 aromatic heterocycles. The highest BCUT2D eigenvalue weighted by Crippen LogP contribution is 2.28. The summed E-state index contributed by atoms with van der Waals surface area (Å²) < 4.78 is 4.98. The molecule has 0 radical (unpaired) electrons. The van der Waals surface area contributed by atoms with E-state index in [0.717, 1.165) is 5.56 Å². The van der Waals surface area contributed by atoms with Crippen LogP contribution in [0.2, 0.25) is 0 Å². The molecule has 0 saturated carbocycles. The Labute approximate surface area is 130 Å². The molecular weight excluding hydrogens is 276 g/mol. The molecule has 0 bridgehead atoms. The van der Waals surface area contributed by atoms with Gasteiger partial charge in [-0.25, -0.2) is 0 Å². The number of esters is 1. The van der Waals surface area contributed by atoms with Gasteiger partial charge in [0.15, 0.2) is 0 Å². The molecular formula is C19H20O3. The predicted molar refractivity (Wildman–Crippen MR) is 87.1 cm³/mol. The average Bonchev–Trinajstić information content (AvgIpc) is 2.55. The summed E-state index contributed by atoms with van der Waals surface area (Å²) in [7, 11) is 0. The smallest absolute Gasteiger partial charge is 0.309 e. The first-order valence-electron chi connectivity index (χ1n) is 7.32. The van der Waals surface area contributed by atoms with Crippen LogP contribution >= 0.6 is 0 Å². The third kappa shape index (κ3) is 4.30. The largest absolute Gasteiger partial charge is 0.466 e. The summed E-state index contributed by atoms with van der Waals surface area (Å²) in [5.41, 5.74) is 0.236. The van der Waals surface area contributed by atoms with Gasteiger partial charge in [-0.05, 0) is 24.1 Å². The fourth-order valence-electron chi connectivity index (χ4n) is 2.21. The Kier molecular flexibility index (Phi) is 5.50. The van der Waals surface area contributed by atoms with Crippen molar-refractivity contribution in [1.29, 1.82) is 0 Å². The molecule has 3 nitrogen and oxygen atoms in total. The first-order valence-corrected chi connectivity index (χ1v) is 7.32. The lowest BCUT2D eigenvalue weighted by atomic mass is 9.89. The first kappa shape index (κ1) is 16.0. The number of benzene rings is 2. The molecule has 0 aliphatic heterocycles. The van der Waals surface area contributed by atoms with Crippen LogP contribution in [-0.2, 0) is 15.1 Å². The average molecular weight is 296 g/mol. The zero-order chi connectivity index (χ0) is 15.8. The molecule has 1 atom stereocenters. The van der Waals surface area contributed by atoms with Gasteiger partial charge < -0.3 is 9.84 Å². The quantitative estimate of drug-likeness (QED) is 0.829. The van der Waals surface area contributed by atoms with Crippen molar-refractivity contribution in [3.8, 4) is 0 Å². The van der Waals surface area contributed by atoms with Crippen molar-refractivity contribution >= 4 is 12.0 Å². The number of hydrogen-bond acceptors (Lipinski definition) is 3. The van der Waals surface area contributed by atoms with Gasteiger partial charge in [0.05, 0.1) is 13.0 Å². The normalized spacial score (nSPS) is 13.7. The Bertz CT molecular complexity index is 620. The zero-order valence-electron chi connectivity index (χ0n) is 12.6. The molecule has 0 amide bonds. The molecule has 2 aromatic carbocycles. The Morgan fingerprint density at radius 3 is 2.27 bits per heavy atom. The Morgan fingerprint density at radius 2 is 1.68 bits per heavy atom. The van der Waals surface area contributed by atoms with Gasteiger partial charge in [-0.15, -0.1) is 0 Å². The fourth-order valence-corrected chi connectivity index (χ4v) is 2.21. The molecule has 114 valence electrons. The summed E-state index contributed by atoms with van der Waals surface area (Å²) >= 11 is 0. The molecule has 0 heterocycles. The van der Waals surface area contributed by atoms with Gasteiger partial charge in [0.2, 0.25) is 0 Å². The summed E-state index contributed by atoms with van der Waals surface area (Å²) in [4.78, 5) is 11.8. The topological polar surface area (TPSA) is 46.5 Å². The molecule has 22 heavy (non-hydrogen) atoms. The van der Waals surface area contributed by atoms with E-state index in [2.05, 4.69) is 0 Å². The summed E-state index contributed by atoms with van der Waals surface area (Å²) in [6.45, 7) is 2.05. The monoisotopic (exact) mass is 296 g/mol. The summed E-state index contributed by atoms with van der Waals surface area (Å²) in [6.07, 6.45) is 3.34. The van der Waals surface area contributed by atoms with E-state index in [0.29, 0.717) is 12.2 Å². The van der Waals surface area contributed by atoms with Crippen LogP contribution in [0, 0.1) is 0 Å². The molecule has 1 unspecified atom stereocenters. The van der Waals surface area contributed by atoms with Crippen LogP contribution in [0.1, 0.15) is 24.5 Å². The van der Waals surface area contributed by atoms with Crippen molar-refractivity contribution in [3.63, 3.8) is 0 Å². The van der Waals surface area contributed by atoms with Crippen molar-refractivity contribution in [2.75, 3.05) is 6.61 Å². The standard InChI is InChI=1S/C19H20O3/c1-2-22-18(20)15-19(21,17-11-7-4-8-12-17)14-13-16-9-5-3-6-10-16/h3-14,21H,2,15H2,1H3. The van der Waals surface area contributed by atoms with E-state index in [-0.39, 0.29) is 6.42 Å². The van der Waals surface area contributed by atoms with Gasteiger partial charge in [-0.3, -0.25) is 4.79 Å². The van der Waals surface area contributed by atoms with Crippen molar-refractivity contribution < 1.29 is 14.6 Å². The first-order chi connectivity index (χ1) is 10.6. The van der Waals surface area contributed by atoms with Crippen LogP contribution in [0.25, 0.3) is 6.08 Å². The SMILES string of the molecule is CCOC(=O)CC(O)(C=Cc1ccccc1)c1ccccc1. The van der Waals surface area contributed by atoms with Gasteiger partial charge in [-0.1, -0.05) is 66.7 Å². The van der Waals surface area contributed by atoms with E-state index in [9.17, 15) is 9.90 Å². The highest BCUT2D eigenvalue weighted by atomic mass is 16.5. The highest BCUT2D eigenvalue weighted by molar-refractivity contribution is 5.72. The maximum absolute atomic E-state index is 11.8. The third-order valence-electron chi connectivity index (χ3n) is 3.34. The van der Waals surface area contributed by atoms with Crippen LogP contribution in [0.5, 0.6) is 0 Å². The molecule has 0 fully saturated rings. The van der Waals surface area contributed by atoms with Crippen molar-refractivity contribution in [2.45, 2.75) is 18.9 Å². The van der Waals surface area contributed by atoms with E-state index in [4.69, 9.17) is 4.74 Å². The van der Waals surface area contributed by atoms with E-state index in [1.54, 1.807) is 25.1 Å². The number of ether oxygens (including phenoxy) is 1. The zero-order valence-corrected chi connectivity index (χ0v) is 12.6. The van der Waals surface area contributed by atoms with Crippen LogP contribution in [0.3, 0.4) is 0 Å². The van der Waals surface area contributed by atoms with Gasteiger partial charge >= 0.3 is 5.97 Å². The lowest BCUT2D eigenvalue weighted by Crippen LogP contribution is -2.27. The second-order valence-corrected chi connectivity index (χ2v) is 5.02. The molecule has 1 N–H and O–H groups in total. The number of rotatable bonds is 6. The minimum atomic E-state index is -1.39. The fraction of sp³-hybridized carbons (Fsp3) is 0.211. The highest BCUT2D eigenvalue weighted by Gasteiger charge is 2.30. The molecule has 0 saturated heterocycles. The number of carbonyl (C=O) groups is 1. The molecule has 0 spiro atoms. The predicted octanol–water partition coefficient (Wildman–Crippen LogP) is 3.54. The second kappa shape index (κ2) is 7.57. The number of hydrogen-bond donors (Lipinski definition) is 1. The maximum Gasteiger partial charge on any atom is 0.309 e. The number of carbonyl (C=O) groups excluding carboxylic acids is 1. The maximum atomic E-state index is 11.8. The van der Waals surface area contributed by atoms with Crippen molar-refractivity contribution in [1.82, 2.24) is 0 Å². The van der Waals surface area contributed by atoms with Crippen LogP contribution < -0.4 is 0 Å². The van der Waals surface area contributed by atoms with Gasteiger partial charge in [0, 0.05) is 0 Å². The van der Waals surface area contributed by atoms with E-state index >= 15 is 0 Å². The number of aliphatic hydroxyl groups is 1. The molecule has 0 aliphatic rings. The molecule has 2 aromatic rings. The van der Waals surface area contributed by atoms with Gasteiger partial charge in [0.1, 0.15) is 5.60 Å². The Hall–Kier alpha value is -2.39. The van der Waals surface area contributed by atoms with Gasteiger partial charge in [0.25, 0.3) is 0 Å². The van der Waals surface area contributed by atoms with E-state index < -0.39 is 11.6 Å². The Balaban J connectivity index is 2.29. The minimum Gasteiger partial charge on any atom is -0.466 e. The summed E-state index contributed by atoms with van der Waals surface area (Å²) in [5.74, 6) is -0.424. The summed E-state index contributed by atoms with van der Waals surface area (Å²) in [5, 5.41) is 11.0. The second-order valence-electron chi connectivity index (χ2n) is 5.02. The Morgan fingerprint density at radius 1 is 1.09 bits per heavy atom.